The topological polar surface area (TPSA) is 98.8 Å². The van der Waals surface area contributed by atoms with Crippen molar-refractivity contribution in [3.63, 3.8) is 0 Å². The number of benzene rings is 1. The fourth-order valence-corrected chi connectivity index (χ4v) is 5.38. The van der Waals surface area contributed by atoms with E-state index in [-0.39, 0.29) is 12.1 Å². The van der Waals surface area contributed by atoms with Gasteiger partial charge in [-0.15, -0.1) is 11.3 Å². The number of H-pyrrole nitrogens is 1. The van der Waals surface area contributed by atoms with Gasteiger partial charge in [-0.3, -0.25) is 5.10 Å². The molecule has 0 saturated heterocycles. The summed E-state index contributed by atoms with van der Waals surface area (Å²) < 4.78 is 0.983. The van der Waals surface area contributed by atoms with Gasteiger partial charge in [0.25, 0.3) is 0 Å². The van der Waals surface area contributed by atoms with E-state index < -0.39 is 5.54 Å². The smallest absolute Gasteiger partial charge is 0.318 e. The molecule has 0 bridgehead atoms. The van der Waals surface area contributed by atoms with Crippen LogP contribution in [-0.4, -0.2) is 37.1 Å². The van der Waals surface area contributed by atoms with Crippen molar-refractivity contribution in [3.05, 3.63) is 64.9 Å². The van der Waals surface area contributed by atoms with Crippen molar-refractivity contribution in [3.8, 4) is 0 Å². The van der Waals surface area contributed by atoms with E-state index in [2.05, 4.69) is 42.9 Å². The minimum atomic E-state index is -0.493. The maximum absolute atomic E-state index is 13.2. The molecule has 2 atom stereocenters. The van der Waals surface area contributed by atoms with Crippen molar-refractivity contribution in [1.29, 1.82) is 0 Å². The molecule has 1 aliphatic heterocycles. The number of amides is 2. The molecule has 3 aromatic heterocycles. The molecule has 6 rings (SSSR count). The third-order valence-electron chi connectivity index (χ3n) is 6.52. The van der Waals surface area contributed by atoms with E-state index in [1.807, 2.05) is 48.4 Å². The average Bonchev–Trinajstić information content (AvgIpc) is 3.11. The minimum Gasteiger partial charge on any atom is -0.335 e. The molecule has 0 radical (unpaired) electrons. The van der Waals surface area contributed by atoms with Gasteiger partial charge in [0, 0.05) is 17.5 Å². The van der Waals surface area contributed by atoms with Gasteiger partial charge in [0.15, 0.2) is 11.6 Å². The molecule has 2 aliphatic rings. The number of hydrogen-bond acceptors (Lipinski definition) is 6. The largest absolute Gasteiger partial charge is 0.335 e. The second kappa shape index (κ2) is 7.03. The number of hydrogen-bond donors (Lipinski definition) is 3. The number of carbonyl (C=O) groups excluding carboxylic acids is 1. The minimum absolute atomic E-state index is 0.0448. The van der Waals surface area contributed by atoms with Crippen LogP contribution in [0.3, 0.4) is 0 Å². The van der Waals surface area contributed by atoms with Crippen LogP contribution in [-0.2, 0) is 12.1 Å². The lowest BCUT2D eigenvalue weighted by molar-refractivity contribution is 0.142. The highest BCUT2D eigenvalue weighted by Crippen LogP contribution is 2.44. The third-order valence-corrected chi connectivity index (χ3v) is 7.43. The number of rotatable bonds is 4. The molecule has 0 spiro atoms. The van der Waals surface area contributed by atoms with Crippen LogP contribution in [0.2, 0.25) is 0 Å². The van der Waals surface area contributed by atoms with Crippen molar-refractivity contribution < 1.29 is 4.79 Å². The Hall–Kier alpha value is -3.46. The van der Waals surface area contributed by atoms with Crippen LogP contribution in [0.1, 0.15) is 43.0 Å². The van der Waals surface area contributed by atoms with E-state index in [9.17, 15) is 4.79 Å². The van der Waals surface area contributed by atoms with Gasteiger partial charge >= 0.3 is 6.03 Å². The van der Waals surface area contributed by atoms with Crippen LogP contribution >= 0.6 is 11.3 Å². The summed E-state index contributed by atoms with van der Waals surface area (Å²) >= 11 is 1.59. The quantitative estimate of drug-likeness (QED) is 0.430. The molecule has 1 aliphatic carbocycles. The number of urea groups is 1. The summed E-state index contributed by atoms with van der Waals surface area (Å²) in [5.74, 6) is 1.82. The number of anilines is 2. The summed E-state index contributed by atoms with van der Waals surface area (Å²) in [6.45, 7) is 4.57. The van der Waals surface area contributed by atoms with Crippen LogP contribution in [0, 0.1) is 0 Å². The zero-order chi connectivity index (χ0) is 21.9. The summed E-state index contributed by atoms with van der Waals surface area (Å²) in [7, 11) is 0. The molecule has 2 unspecified atom stereocenters. The first kappa shape index (κ1) is 19.2. The number of carbonyl (C=O) groups is 1. The van der Waals surface area contributed by atoms with Crippen LogP contribution in [0.25, 0.3) is 10.2 Å². The van der Waals surface area contributed by atoms with Crippen molar-refractivity contribution >= 4 is 39.2 Å². The fraction of sp³-hybridized carbons (Fsp3) is 0.304. The third kappa shape index (κ3) is 3.03. The molecule has 4 heterocycles. The molecule has 162 valence electrons. The number of aromatic nitrogens is 4. The van der Waals surface area contributed by atoms with Gasteiger partial charge in [-0.1, -0.05) is 30.3 Å². The monoisotopic (exact) mass is 445 g/mol. The first-order valence-electron chi connectivity index (χ1n) is 10.7. The number of thiophene rings is 1. The van der Waals surface area contributed by atoms with Crippen LogP contribution in [0.15, 0.2) is 48.1 Å². The van der Waals surface area contributed by atoms with E-state index >= 15 is 0 Å². The van der Waals surface area contributed by atoms with Crippen molar-refractivity contribution in [2.75, 3.05) is 5.32 Å². The fourth-order valence-electron chi connectivity index (χ4n) is 4.59. The molecule has 4 aromatic rings. The maximum atomic E-state index is 13.2. The molecular formula is C23H23N7OS. The summed E-state index contributed by atoms with van der Waals surface area (Å²) in [6, 6.07) is 12.5. The first-order valence-corrected chi connectivity index (χ1v) is 11.6. The molecule has 1 saturated carbocycles. The number of nitrogens with one attached hydrogen (secondary N) is 3. The normalized spacial score (nSPS) is 20.9. The lowest BCUT2D eigenvalue weighted by atomic mass is 10.0. The maximum Gasteiger partial charge on any atom is 0.318 e. The number of fused-ring (bicyclic) bond motifs is 2. The lowest BCUT2D eigenvalue weighted by Gasteiger charge is -2.32. The second-order valence-electron chi connectivity index (χ2n) is 8.86. The Labute approximate surface area is 189 Å². The molecule has 9 heteroatoms. The Morgan fingerprint density at radius 1 is 1.19 bits per heavy atom. The van der Waals surface area contributed by atoms with Gasteiger partial charge in [-0.05, 0) is 37.3 Å². The molecule has 2 amide bonds. The predicted octanol–water partition coefficient (Wildman–Crippen LogP) is 4.47. The summed E-state index contributed by atoms with van der Waals surface area (Å²) in [6.07, 6.45) is 2.53. The van der Waals surface area contributed by atoms with E-state index in [1.165, 1.54) is 5.56 Å². The van der Waals surface area contributed by atoms with E-state index in [0.717, 1.165) is 33.7 Å². The summed E-state index contributed by atoms with van der Waals surface area (Å²) in [5, 5.41) is 16.2. The van der Waals surface area contributed by atoms with Crippen molar-refractivity contribution in [2.45, 2.75) is 44.3 Å². The average molecular weight is 446 g/mol. The van der Waals surface area contributed by atoms with Gasteiger partial charge in [-0.25, -0.2) is 14.8 Å². The van der Waals surface area contributed by atoms with Gasteiger partial charge in [0.1, 0.15) is 6.33 Å². The van der Waals surface area contributed by atoms with Gasteiger partial charge in [-0.2, -0.15) is 5.10 Å². The summed E-state index contributed by atoms with van der Waals surface area (Å²) in [4.78, 5) is 23.8. The standard InChI is InChI=1S/C23H23N7OS/c1-23(2)19-15(20(29-28-19)27-21-18-16(8-9-32-18)24-12-25-21)11-30(23)22(31)26-17-10-14(17)13-6-4-3-5-7-13/h3-9,12,14,17H,10-11H2,1-2H3,(H,26,31)(H2,24,25,27,28,29). The second-order valence-corrected chi connectivity index (χ2v) is 9.78. The van der Waals surface area contributed by atoms with Gasteiger partial charge in [0.2, 0.25) is 0 Å². The van der Waals surface area contributed by atoms with Gasteiger partial charge < -0.3 is 15.5 Å². The predicted molar refractivity (Wildman–Crippen MR) is 124 cm³/mol. The number of aromatic amines is 1. The van der Waals surface area contributed by atoms with Crippen LogP contribution in [0.5, 0.6) is 0 Å². The number of nitrogens with zero attached hydrogens (tertiary/aromatic N) is 4. The SMILES string of the molecule is CC1(C)c2[nH]nc(Nc3ncnc4ccsc34)c2CN1C(=O)NC1CC1c1ccccc1. The molecule has 3 N–H and O–H groups in total. The van der Waals surface area contributed by atoms with Crippen LogP contribution in [0.4, 0.5) is 16.4 Å². The molecule has 1 fully saturated rings. The van der Waals surface area contributed by atoms with E-state index in [4.69, 9.17) is 0 Å². The van der Waals surface area contributed by atoms with E-state index in [0.29, 0.717) is 18.3 Å². The van der Waals surface area contributed by atoms with E-state index in [1.54, 1.807) is 17.7 Å². The van der Waals surface area contributed by atoms with Crippen molar-refractivity contribution in [2.24, 2.45) is 0 Å². The Balaban J connectivity index is 1.20. The molecule has 1 aromatic carbocycles. The Bertz CT molecular complexity index is 1310. The van der Waals surface area contributed by atoms with Gasteiger partial charge in [0.05, 0.1) is 28.0 Å². The highest BCUT2D eigenvalue weighted by molar-refractivity contribution is 7.17. The zero-order valence-electron chi connectivity index (χ0n) is 17.8. The Kier molecular flexibility index (Phi) is 4.23. The summed E-state index contributed by atoms with van der Waals surface area (Å²) in [5.41, 5.74) is 3.63. The molecule has 32 heavy (non-hydrogen) atoms. The zero-order valence-corrected chi connectivity index (χ0v) is 18.6. The van der Waals surface area contributed by atoms with Crippen molar-refractivity contribution in [1.82, 2.24) is 30.4 Å². The van der Waals surface area contributed by atoms with Crippen LogP contribution < -0.4 is 10.6 Å². The lowest BCUT2D eigenvalue weighted by Crippen LogP contribution is -2.47. The molecular weight excluding hydrogens is 422 g/mol. The molecule has 8 nitrogen and oxygen atoms in total. The highest BCUT2D eigenvalue weighted by atomic mass is 32.1. The highest BCUT2D eigenvalue weighted by Gasteiger charge is 2.46. The Morgan fingerprint density at radius 3 is 2.88 bits per heavy atom. The Morgan fingerprint density at radius 2 is 2.03 bits per heavy atom. The first-order chi connectivity index (χ1) is 15.5.